The minimum Gasteiger partial charge on any atom is -0.380 e. The number of nitrogens with two attached hydrogens (primary N) is 1. The average molecular weight is 508 g/mol. The molecule has 2 aromatic carbocycles. The molecule has 0 radical (unpaired) electrons. The second kappa shape index (κ2) is 18.8. The molecule has 2 aromatic rings. The molecule has 7 heteroatoms. The van der Waals surface area contributed by atoms with Gasteiger partial charge in [-0.2, -0.15) is 0 Å². The number of carbonyl (C=O) groups is 2. The molecule has 0 spiro atoms. The Bertz CT molecular complexity index is 1000. The number of rotatable bonds is 7. The van der Waals surface area contributed by atoms with E-state index in [9.17, 15) is 4.79 Å². The number of benzene rings is 2. The van der Waals surface area contributed by atoms with Gasteiger partial charge in [0.1, 0.15) is 0 Å². The Balaban J connectivity index is 0.00000127. The molecule has 3 N–H and O–H groups in total. The van der Waals surface area contributed by atoms with Crippen molar-refractivity contribution in [3.8, 4) is 11.8 Å². The van der Waals surface area contributed by atoms with Crippen molar-refractivity contribution in [2.45, 2.75) is 46.4 Å². The first-order valence-corrected chi connectivity index (χ1v) is 12.6. The Hall–Kier alpha value is -3.44. The Morgan fingerprint density at radius 3 is 2.27 bits per heavy atom. The van der Waals surface area contributed by atoms with E-state index in [1.54, 1.807) is 19.2 Å². The number of hydrogen-bond donors (Lipinski definition) is 2. The predicted molar refractivity (Wildman–Crippen MR) is 150 cm³/mol. The third-order valence-electron chi connectivity index (χ3n) is 5.65. The summed E-state index contributed by atoms with van der Waals surface area (Å²) in [4.78, 5) is 23.3. The molecule has 1 saturated heterocycles. The van der Waals surface area contributed by atoms with Gasteiger partial charge in [0.05, 0.1) is 25.4 Å². The molecule has 0 saturated carbocycles. The van der Waals surface area contributed by atoms with Crippen LogP contribution < -0.4 is 11.1 Å². The lowest BCUT2D eigenvalue weighted by Gasteiger charge is -2.26. The van der Waals surface area contributed by atoms with E-state index in [0.717, 1.165) is 44.0 Å². The van der Waals surface area contributed by atoms with E-state index in [2.05, 4.69) is 52.1 Å². The molecule has 1 fully saturated rings. The summed E-state index contributed by atoms with van der Waals surface area (Å²) in [5.41, 5.74) is 8.07. The highest BCUT2D eigenvalue weighted by Gasteiger charge is 2.15. The number of amides is 2. The molecule has 0 aliphatic carbocycles. The lowest BCUT2D eigenvalue weighted by Crippen LogP contribution is -2.40. The van der Waals surface area contributed by atoms with Crippen molar-refractivity contribution in [1.29, 1.82) is 0 Å². The van der Waals surface area contributed by atoms with Crippen LogP contribution in [0.4, 0.5) is 0 Å². The SMILES string of the molecule is CC.COC(C)C(C)NC(=O)c1ccc(C#C/C=C/c2ccc(CN3CCOCC3)cc2)cc1.NC=O. The summed E-state index contributed by atoms with van der Waals surface area (Å²) in [7, 11) is 1.64. The van der Waals surface area contributed by atoms with Crippen molar-refractivity contribution >= 4 is 18.4 Å². The molecule has 7 nitrogen and oxygen atoms in total. The molecular formula is C30H41N3O4. The molecule has 2 atom stereocenters. The van der Waals surface area contributed by atoms with Crippen LogP contribution in [0, 0.1) is 11.8 Å². The molecule has 2 unspecified atom stereocenters. The Morgan fingerprint density at radius 1 is 1.11 bits per heavy atom. The standard InChI is InChI=1S/C27H32N2O3.C2H6.CH3NO/c1-21(22(2)31-3)28-27(30)26-14-12-24(13-15-26)7-5-4-6-23-8-10-25(11-9-23)20-29-16-18-32-19-17-29;1-2;2-1-3/h4,6,8-15,21-22H,16-20H2,1-3H3,(H,28,30);1-2H3;1H,(H2,2,3)/b6-4+;;. The average Bonchev–Trinajstić information content (AvgIpc) is 2.94. The monoisotopic (exact) mass is 507 g/mol. The van der Waals surface area contributed by atoms with Crippen molar-refractivity contribution in [1.82, 2.24) is 10.2 Å². The topological polar surface area (TPSA) is 93.9 Å². The quantitative estimate of drug-likeness (QED) is 0.438. The summed E-state index contributed by atoms with van der Waals surface area (Å²) in [5, 5.41) is 2.94. The van der Waals surface area contributed by atoms with E-state index in [1.807, 2.05) is 52.0 Å². The Morgan fingerprint density at radius 2 is 1.70 bits per heavy atom. The molecule has 2 amide bonds. The fourth-order valence-corrected chi connectivity index (χ4v) is 3.33. The third-order valence-corrected chi connectivity index (χ3v) is 5.65. The van der Waals surface area contributed by atoms with E-state index >= 15 is 0 Å². The van der Waals surface area contributed by atoms with Crippen molar-refractivity contribution in [2.24, 2.45) is 5.73 Å². The van der Waals surface area contributed by atoms with E-state index in [0.29, 0.717) is 5.56 Å². The molecule has 1 aliphatic heterocycles. The summed E-state index contributed by atoms with van der Waals surface area (Å²) in [6, 6.07) is 15.8. The van der Waals surface area contributed by atoms with Gasteiger partial charge >= 0.3 is 0 Å². The highest BCUT2D eigenvalue weighted by atomic mass is 16.5. The van der Waals surface area contributed by atoms with Crippen LogP contribution >= 0.6 is 0 Å². The fourth-order valence-electron chi connectivity index (χ4n) is 3.33. The van der Waals surface area contributed by atoms with Gasteiger partial charge in [0.15, 0.2) is 0 Å². The van der Waals surface area contributed by atoms with Crippen LogP contribution in [0.15, 0.2) is 54.6 Å². The van der Waals surface area contributed by atoms with Crippen LogP contribution in [0.1, 0.15) is 54.7 Å². The van der Waals surface area contributed by atoms with Crippen LogP contribution in [0.25, 0.3) is 6.08 Å². The number of hydrogen-bond acceptors (Lipinski definition) is 5. The van der Waals surface area contributed by atoms with Crippen molar-refractivity contribution < 1.29 is 19.1 Å². The zero-order valence-electron chi connectivity index (χ0n) is 22.7. The van der Waals surface area contributed by atoms with Gasteiger partial charge in [-0.15, -0.1) is 0 Å². The van der Waals surface area contributed by atoms with Crippen LogP contribution in [0.3, 0.4) is 0 Å². The van der Waals surface area contributed by atoms with Crippen molar-refractivity contribution in [3.05, 3.63) is 76.9 Å². The van der Waals surface area contributed by atoms with E-state index in [1.165, 1.54) is 5.56 Å². The van der Waals surface area contributed by atoms with Crippen molar-refractivity contribution in [3.63, 3.8) is 0 Å². The molecular weight excluding hydrogens is 466 g/mol. The van der Waals surface area contributed by atoms with Gasteiger partial charge in [-0.25, -0.2) is 0 Å². The number of morpholine rings is 1. The molecule has 1 heterocycles. The van der Waals surface area contributed by atoms with Gasteiger partial charge in [0, 0.05) is 37.9 Å². The second-order valence-electron chi connectivity index (χ2n) is 8.15. The van der Waals surface area contributed by atoms with E-state index < -0.39 is 0 Å². The maximum Gasteiger partial charge on any atom is 0.251 e. The zero-order valence-corrected chi connectivity index (χ0v) is 22.7. The highest BCUT2D eigenvalue weighted by molar-refractivity contribution is 5.94. The number of allylic oxidation sites excluding steroid dienone is 1. The van der Waals surface area contributed by atoms with Crippen LogP contribution in [0.2, 0.25) is 0 Å². The Kier molecular flexibility index (Phi) is 16.0. The summed E-state index contributed by atoms with van der Waals surface area (Å²) in [6.45, 7) is 12.5. The van der Waals surface area contributed by atoms with Crippen LogP contribution in [-0.4, -0.2) is 62.8 Å². The number of ether oxygens (including phenoxy) is 2. The van der Waals surface area contributed by atoms with Crippen LogP contribution in [0.5, 0.6) is 0 Å². The van der Waals surface area contributed by atoms with E-state index in [4.69, 9.17) is 14.3 Å². The smallest absolute Gasteiger partial charge is 0.251 e. The molecule has 200 valence electrons. The van der Waals surface area contributed by atoms with Crippen LogP contribution in [-0.2, 0) is 20.8 Å². The normalized spacial score (nSPS) is 14.5. The maximum atomic E-state index is 12.3. The predicted octanol–water partition coefficient (Wildman–Crippen LogP) is 3.86. The number of methoxy groups -OCH3 is 1. The lowest BCUT2D eigenvalue weighted by molar-refractivity contribution is -0.106. The van der Waals surface area contributed by atoms with Gasteiger partial charge in [0.2, 0.25) is 6.41 Å². The number of primary amides is 1. The third kappa shape index (κ3) is 12.4. The van der Waals surface area contributed by atoms with Gasteiger partial charge in [-0.1, -0.05) is 50.0 Å². The largest absolute Gasteiger partial charge is 0.380 e. The van der Waals surface area contributed by atoms with E-state index in [-0.39, 0.29) is 24.5 Å². The first-order valence-electron chi connectivity index (χ1n) is 12.6. The fraction of sp³-hybridized carbons (Fsp3) is 0.400. The summed E-state index contributed by atoms with van der Waals surface area (Å²) >= 11 is 0. The zero-order chi connectivity index (χ0) is 27.5. The van der Waals surface area contributed by atoms with Gasteiger partial charge < -0.3 is 20.5 Å². The number of nitrogens with one attached hydrogen (secondary N) is 1. The summed E-state index contributed by atoms with van der Waals surface area (Å²) < 4.78 is 10.6. The highest BCUT2D eigenvalue weighted by Crippen LogP contribution is 2.10. The summed E-state index contributed by atoms with van der Waals surface area (Å²) in [5.74, 6) is 6.06. The van der Waals surface area contributed by atoms with Crippen molar-refractivity contribution in [2.75, 3.05) is 33.4 Å². The molecule has 37 heavy (non-hydrogen) atoms. The molecule has 1 aliphatic rings. The lowest BCUT2D eigenvalue weighted by atomic mass is 10.1. The van der Waals surface area contributed by atoms with Gasteiger partial charge in [0.25, 0.3) is 5.91 Å². The minimum absolute atomic E-state index is 0.0446. The first-order chi connectivity index (χ1) is 18.0. The second-order valence-corrected chi connectivity index (χ2v) is 8.15. The Labute approximate surface area is 222 Å². The van der Waals surface area contributed by atoms with Gasteiger partial charge in [-0.05, 0) is 61.4 Å². The summed E-state index contributed by atoms with van der Waals surface area (Å²) in [6.07, 6.45) is 4.06. The molecule has 0 bridgehead atoms. The minimum atomic E-state index is -0.113. The molecule has 0 aromatic heterocycles. The number of nitrogens with zero attached hydrogens (tertiary/aromatic N) is 1. The first kappa shape index (κ1) is 31.6. The maximum absolute atomic E-state index is 12.3. The molecule has 3 rings (SSSR count). The van der Waals surface area contributed by atoms with Gasteiger partial charge in [-0.3, -0.25) is 14.5 Å². The number of carbonyl (C=O) groups excluding carboxylic acids is 2.